The molecule has 0 atom stereocenters. The molecular formula is C24H33N3O3. The number of amides is 2. The molecule has 0 N–H and O–H groups in total. The van der Waals surface area contributed by atoms with Gasteiger partial charge in [-0.05, 0) is 37.8 Å². The van der Waals surface area contributed by atoms with Crippen LogP contribution in [-0.2, 0) is 21.5 Å². The van der Waals surface area contributed by atoms with Crippen molar-refractivity contribution in [3.63, 3.8) is 0 Å². The normalized spacial score (nSPS) is 15.2. The molecule has 2 heterocycles. The Kier molecular flexibility index (Phi) is 6.76. The van der Waals surface area contributed by atoms with Gasteiger partial charge in [-0.25, -0.2) is 4.98 Å². The average Bonchev–Trinajstić information content (AvgIpc) is 3.13. The molecule has 2 aromatic rings. The molecule has 3 rings (SSSR count). The van der Waals surface area contributed by atoms with E-state index in [1.165, 1.54) is 11.8 Å². The molecule has 1 saturated heterocycles. The van der Waals surface area contributed by atoms with Gasteiger partial charge in [-0.1, -0.05) is 32.9 Å². The van der Waals surface area contributed by atoms with Gasteiger partial charge >= 0.3 is 0 Å². The van der Waals surface area contributed by atoms with E-state index in [2.05, 4.69) is 31.5 Å². The molecule has 30 heavy (non-hydrogen) atoms. The van der Waals surface area contributed by atoms with Crippen LogP contribution in [-0.4, -0.2) is 46.0 Å². The summed E-state index contributed by atoms with van der Waals surface area (Å²) in [7, 11) is 0. The second-order valence-electron chi connectivity index (χ2n) is 9.06. The molecule has 6 heteroatoms. The molecule has 1 fully saturated rings. The summed E-state index contributed by atoms with van der Waals surface area (Å²) in [6.07, 6.45) is 4.24. The van der Waals surface area contributed by atoms with Crippen LogP contribution in [0.2, 0.25) is 0 Å². The second kappa shape index (κ2) is 9.13. The van der Waals surface area contributed by atoms with Gasteiger partial charge in [0.05, 0.1) is 5.69 Å². The summed E-state index contributed by atoms with van der Waals surface area (Å²) in [5.74, 6) is 1.11. The van der Waals surface area contributed by atoms with Crippen molar-refractivity contribution in [3.8, 4) is 11.3 Å². The lowest BCUT2D eigenvalue weighted by Crippen LogP contribution is -2.34. The number of carbonyl (C=O) groups is 2. The number of carbonyl (C=O) groups excluding carboxylic acids is 2. The van der Waals surface area contributed by atoms with Crippen LogP contribution in [0.3, 0.4) is 0 Å². The number of aromatic nitrogens is 2. The highest BCUT2D eigenvalue weighted by atomic mass is 16.5. The number of imide groups is 1. The molecule has 1 aromatic carbocycles. The maximum absolute atomic E-state index is 12.8. The highest BCUT2D eigenvalue weighted by Crippen LogP contribution is 2.29. The summed E-state index contributed by atoms with van der Waals surface area (Å²) >= 11 is 0. The highest BCUT2D eigenvalue weighted by molar-refractivity contribution is 6.04. The van der Waals surface area contributed by atoms with Crippen LogP contribution in [0.1, 0.15) is 63.6 Å². The summed E-state index contributed by atoms with van der Waals surface area (Å²) < 4.78 is 7.78. The molecule has 1 aliphatic heterocycles. The Labute approximate surface area is 179 Å². The first-order valence-electron chi connectivity index (χ1n) is 10.8. The van der Waals surface area contributed by atoms with Crippen molar-refractivity contribution < 1.29 is 14.3 Å². The first kappa shape index (κ1) is 22.2. The maximum atomic E-state index is 12.8. The summed E-state index contributed by atoms with van der Waals surface area (Å²) in [4.78, 5) is 30.7. The number of rotatable bonds is 5. The molecule has 2 amide bonds. The zero-order valence-corrected chi connectivity index (χ0v) is 18.8. The van der Waals surface area contributed by atoms with Gasteiger partial charge < -0.3 is 9.30 Å². The van der Waals surface area contributed by atoms with E-state index in [0.717, 1.165) is 49.7 Å². The standard InChI is InChI=1S/C24H33N3O3/c1-6-27(17(2)28)22(29)20-9-7-8-19(14-20)21-16-26(23(25-21)24(3,4)5)15-18-10-12-30-13-11-18/h7-9,14,16,18H,6,10-13,15H2,1-5H3. The molecule has 0 aliphatic carbocycles. The van der Waals surface area contributed by atoms with Crippen LogP contribution in [0.4, 0.5) is 0 Å². The van der Waals surface area contributed by atoms with Crippen molar-refractivity contribution in [3.05, 3.63) is 41.9 Å². The Morgan fingerprint density at radius 3 is 2.53 bits per heavy atom. The summed E-state index contributed by atoms with van der Waals surface area (Å²) in [5, 5.41) is 0. The minimum Gasteiger partial charge on any atom is -0.381 e. The van der Waals surface area contributed by atoms with E-state index in [9.17, 15) is 9.59 Å². The molecule has 0 saturated carbocycles. The Morgan fingerprint density at radius 2 is 1.93 bits per heavy atom. The van der Waals surface area contributed by atoms with Gasteiger partial charge in [0.25, 0.3) is 5.91 Å². The maximum Gasteiger partial charge on any atom is 0.260 e. The van der Waals surface area contributed by atoms with E-state index in [4.69, 9.17) is 9.72 Å². The SMILES string of the molecule is CCN(C(C)=O)C(=O)c1cccc(-c2cn(CC3CCOCC3)c(C(C)(C)C)n2)c1. The van der Waals surface area contributed by atoms with Crippen molar-refractivity contribution >= 4 is 11.8 Å². The lowest BCUT2D eigenvalue weighted by molar-refractivity contribution is -0.126. The first-order valence-corrected chi connectivity index (χ1v) is 10.8. The van der Waals surface area contributed by atoms with Crippen molar-refractivity contribution in [1.29, 1.82) is 0 Å². The number of hydrogen-bond acceptors (Lipinski definition) is 4. The predicted molar refractivity (Wildman–Crippen MR) is 117 cm³/mol. The van der Waals surface area contributed by atoms with Crippen LogP contribution in [0.5, 0.6) is 0 Å². The fourth-order valence-corrected chi connectivity index (χ4v) is 3.98. The van der Waals surface area contributed by atoms with E-state index >= 15 is 0 Å². The van der Waals surface area contributed by atoms with Gasteiger partial charge in [0, 0.05) is 56.0 Å². The summed E-state index contributed by atoms with van der Waals surface area (Å²) in [6, 6.07) is 7.40. The largest absolute Gasteiger partial charge is 0.381 e. The number of hydrogen-bond donors (Lipinski definition) is 0. The van der Waals surface area contributed by atoms with Gasteiger partial charge in [0.15, 0.2) is 0 Å². The number of benzene rings is 1. The Bertz CT molecular complexity index is 905. The second-order valence-corrected chi connectivity index (χ2v) is 9.06. The van der Waals surface area contributed by atoms with Gasteiger partial charge in [0.1, 0.15) is 5.82 Å². The fraction of sp³-hybridized carbons (Fsp3) is 0.542. The van der Waals surface area contributed by atoms with Crippen LogP contribution in [0.25, 0.3) is 11.3 Å². The molecule has 0 unspecified atom stereocenters. The minimum absolute atomic E-state index is 0.0928. The molecule has 1 aromatic heterocycles. The van der Waals surface area contributed by atoms with Crippen molar-refractivity contribution in [1.82, 2.24) is 14.5 Å². The Hall–Kier alpha value is -2.47. The number of imidazole rings is 1. The average molecular weight is 412 g/mol. The van der Waals surface area contributed by atoms with Crippen LogP contribution < -0.4 is 0 Å². The third-order valence-corrected chi connectivity index (χ3v) is 5.59. The van der Waals surface area contributed by atoms with Gasteiger partial charge in [-0.15, -0.1) is 0 Å². The summed E-state index contributed by atoms with van der Waals surface area (Å²) in [5.41, 5.74) is 2.15. The van der Waals surface area contributed by atoms with Crippen molar-refractivity contribution in [2.24, 2.45) is 5.92 Å². The Morgan fingerprint density at radius 1 is 1.23 bits per heavy atom. The van der Waals surface area contributed by atoms with Crippen molar-refractivity contribution in [2.45, 2.75) is 59.4 Å². The third-order valence-electron chi connectivity index (χ3n) is 5.59. The third kappa shape index (κ3) is 4.98. The van der Waals surface area contributed by atoms with Gasteiger partial charge in [-0.2, -0.15) is 0 Å². The van der Waals surface area contributed by atoms with E-state index in [1.54, 1.807) is 13.0 Å². The van der Waals surface area contributed by atoms with E-state index in [1.807, 2.05) is 18.2 Å². The Balaban J connectivity index is 1.93. The topological polar surface area (TPSA) is 64.4 Å². The smallest absolute Gasteiger partial charge is 0.260 e. The summed E-state index contributed by atoms with van der Waals surface area (Å²) in [6.45, 7) is 12.7. The number of ether oxygens (including phenoxy) is 1. The predicted octanol–water partition coefficient (Wildman–Crippen LogP) is 4.28. The zero-order chi connectivity index (χ0) is 21.9. The molecule has 0 bridgehead atoms. The van der Waals surface area contributed by atoms with Gasteiger partial charge in [-0.3, -0.25) is 14.5 Å². The van der Waals surface area contributed by atoms with Crippen LogP contribution in [0, 0.1) is 5.92 Å². The van der Waals surface area contributed by atoms with Gasteiger partial charge in [0.2, 0.25) is 5.91 Å². The highest BCUT2D eigenvalue weighted by Gasteiger charge is 2.25. The van der Waals surface area contributed by atoms with Crippen LogP contribution >= 0.6 is 0 Å². The fourth-order valence-electron chi connectivity index (χ4n) is 3.98. The van der Waals surface area contributed by atoms with Crippen molar-refractivity contribution in [2.75, 3.05) is 19.8 Å². The molecular weight excluding hydrogens is 378 g/mol. The lowest BCUT2D eigenvalue weighted by atomic mass is 9.94. The molecule has 0 radical (unpaired) electrons. The molecule has 6 nitrogen and oxygen atoms in total. The molecule has 1 aliphatic rings. The zero-order valence-electron chi connectivity index (χ0n) is 18.8. The first-order chi connectivity index (χ1) is 14.2. The molecule has 0 spiro atoms. The minimum atomic E-state index is -0.274. The van der Waals surface area contributed by atoms with Crippen LogP contribution in [0.15, 0.2) is 30.5 Å². The lowest BCUT2D eigenvalue weighted by Gasteiger charge is -2.25. The van der Waals surface area contributed by atoms with E-state index in [0.29, 0.717) is 18.0 Å². The molecule has 162 valence electrons. The van der Waals surface area contributed by atoms with E-state index < -0.39 is 0 Å². The number of nitrogens with zero attached hydrogens (tertiary/aromatic N) is 3. The monoisotopic (exact) mass is 411 g/mol. The quantitative estimate of drug-likeness (QED) is 0.737. The van der Waals surface area contributed by atoms with E-state index in [-0.39, 0.29) is 17.2 Å².